The van der Waals surface area contributed by atoms with E-state index in [-0.39, 0.29) is 12.3 Å². The van der Waals surface area contributed by atoms with E-state index >= 15 is 0 Å². The largest absolute Gasteiger partial charge is 0.388 e. The minimum atomic E-state index is -0.963. The van der Waals surface area contributed by atoms with Crippen LogP contribution in [0.3, 0.4) is 0 Å². The third kappa shape index (κ3) is 3.36. The van der Waals surface area contributed by atoms with Gasteiger partial charge in [-0.1, -0.05) is 0 Å². The van der Waals surface area contributed by atoms with Gasteiger partial charge in [0.05, 0.1) is 0 Å². The molecule has 0 spiro atoms. The topological polar surface area (TPSA) is 97.3 Å². The Labute approximate surface area is 117 Å². The second kappa shape index (κ2) is 5.79. The van der Waals surface area contributed by atoms with Gasteiger partial charge in [-0.05, 0) is 26.8 Å². The zero-order valence-corrected chi connectivity index (χ0v) is 11.8. The smallest absolute Gasteiger partial charge is 0.190 e. The molecule has 0 aromatic rings. The van der Waals surface area contributed by atoms with Crippen molar-refractivity contribution < 1.29 is 29.2 Å². The van der Waals surface area contributed by atoms with Crippen LogP contribution < -0.4 is 5.32 Å². The summed E-state index contributed by atoms with van der Waals surface area (Å²) < 4.78 is 16.5. The highest BCUT2D eigenvalue weighted by Crippen LogP contribution is 2.38. The fourth-order valence-electron chi connectivity index (χ4n) is 2.32. The Morgan fingerprint density at radius 1 is 1.45 bits per heavy atom. The number of carbonyl (C=O) groups is 1. The summed E-state index contributed by atoms with van der Waals surface area (Å²) in [5.74, 6) is -0.892. The summed E-state index contributed by atoms with van der Waals surface area (Å²) in [5.41, 5.74) is 0. The molecule has 2 heterocycles. The van der Waals surface area contributed by atoms with Gasteiger partial charge in [-0.25, -0.2) is 0 Å². The summed E-state index contributed by atoms with van der Waals surface area (Å²) in [6.07, 6.45) is -1.17. The standard InChI is InChI=1S/C13H21NO6/c1-7(15)4-5-14-6-8(16)10-9(17)11-12(18-10)20-13(2,3)19-11/h4-5,8-12,14,16-17H,6H2,1-3H3/b5-4-/t8-,9+,10-,11-,12-/m1/s1. The first-order chi connectivity index (χ1) is 9.30. The second-order valence-corrected chi connectivity index (χ2v) is 5.48. The molecule has 2 aliphatic rings. The van der Waals surface area contributed by atoms with E-state index in [0.29, 0.717) is 0 Å². The first-order valence-electron chi connectivity index (χ1n) is 6.58. The van der Waals surface area contributed by atoms with E-state index in [4.69, 9.17) is 14.2 Å². The average molecular weight is 287 g/mol. The van der Waals surface area contributed by atoms with E-state index in [2.05, 4.69) is 5.32 Å². The summed E-state index contributed by atoms with van der Waals surface area (Å²) in [5, 5.41) is 22.9. The molecule has 5 atom stereocenters. The van der Waals surface area contributed by atoms with Gasteiger partial charge in [-0.3, -0.25) is 4.79 Å². The molecule has 2 rings (SSSR count). The van der Waals surface area contributed by atoms with Crippen LogP contribution >= 0.6 is 0 Å². The average Bonchev–Trinajstić information content (AvgIpc) is 2.79. The van der Waals surface area contributed by atoms with Gasteiger partial charge in [0.2, 0.25) is 0 Å². The lowest BCUT2D eigenvalue weighted by atomic mass is 10.1. The number of ketones is 1. The molecule has 0 saturated carbocycles. The van der Waals surface area contributed by atoms with Gasteiger partial charge >= 0.3 is 0 Å². The molecule has 3 N–H and O–H groups in total. The van der Waals surface area contributed by atoms with E-state index in [1.807, 2.05) is 0 Å². The van der Waals surface area contributed by atoms with Crippen molar-refractivity contribution in [2.75, 3.05) is 6.54 Å². The minimum absolute atomic E-state index is 0.0947. The molecule has 7 heteroatoms. The summed E-state index contributed by atoms with van der Waals surface area (Å²) in [6, 6.07) is 0. The first kappa shape index (κ1) is 15.4. The zero-order valence-electron chi connectivity index (χ0n) is 11.8. The molecule has 0 aromatic carbocycles. The number of carbonyl (C=O) groups excluding carboxylic acids is 1. The summed E-state index contributed by atoms with van der Waals surface area (Å²) in [6.45, 7) is 5.05. The van der Waals surface area contributed by atoms with Gasteiger partial charge in [0.15, 0.2) is 17.9 Å². The molecular weight excluding hydrogens is 266 g/mol. The van der Waals surface area contributed by atoms with Crippen LogP contribution in [-0.2, 0) is 19.0 Å². The molecule has 2 fully saturated rings. The highest BCUT2D eigenvalue weighted by Gasteiger charge is 2.55. The quantitative estimate of drug-likeness (QED) is 0.574. The van der Waals surface area contributed by atoms with Gasteiger partial charge in [0, 0.05) is 12.7 Å². The maximum absolute atomic E-state index is 10.7. The number of nitrogens with one attached hydrogen (secondary N) is 1. The number of allylic oxidation sites excluding steroid dienone is 1. The fraction of sp³-hybridized carbons (Fsp3) is 0.769. The Hall–Kier alpha value is -0.990. The summed E-state index contributed by atoms with van der Waals surface area (Å²) in [7, 11) is 0. The number of rotatable bonds is 5. The van der Waals surface area contributed by atoms with E-state index in [9.17, 15) is 15.0 Å². The van der Waals surface area contributed by atoms with Gasteiger partial charge in [0.1, 0.15) is 24.4 Å². The van der Waals surface area contributed by atoms with Crippen LogP contribution in [-0.4, -0.2) is 59.0 Å². The van der Waals surface area contributed by atoms with Gasteiger partial charge in [-0.2, -0.15) is 0 Å². The van der Waals surface area contributed by atoms with E-state index < -0.39 is 36.5 Å². The van der Waals surface area contributed by atoms with Crippen LogP contribution in [0.15, 0.2) is 12.3 Å². The number of hydrogen-bond acceptors (Lipinski definition) is 7. The van der Waals surface area contributed by atoms with Crippen LogP contribution in [0.5, 0.6) is 0 Å². The normalized spacial score (nSPS) is 37.0. The number of aliphatic hydroxyl groups is 2. The molecule has 0 bridgehead atoms. The van der Waals surface area contributed by atoms with Crippen LogP contribution in [0.4, 0.5) is 0 Å². The van der Waals surface area contributed by atoms with Gasteiger partial charge in [-0.15, -0.1) is 0 Å². The monoisotopic (exact) mass is 287 g/mol. The number of aliphatic hydroxyl groups excluding tert-OH is 2. The molecule has 114 valence electrons. The predicted octanol–water partition coefficient (Wildman–Crippen LogP) is -0.723. The van der Waals surface area contributed by atoms with Crippen molar-refractivity contribution in [3.63, 3.8) is 0 Å². The molecule has 20 heavy (non-hydrogen) atoms. The van der Waals surface area contributed by atoms with Crippen molar-refractivity contribution in [2.24, 2.45) is 0 Å². The molecule has 0 unspecified atom stereocenters. The molecule has 0 aromatic heterocycles. The SMILES string of the molecule is CC(=O)/C=C\NC[C@@H](O)[C@H]1O[C@@H]2OC(C)(C)O[C@@H]2[C@H]1O. The Morgan fingerprint density at radius 3 is 2.75 bits per heavy atom. The lowest BCUT2D eigenvalue weighted by molar-refractivity contribution is -0.225. The maximum atomic E-state index is 10.7. The number of ether oxygens (including phenoxy) is 3. The summed E-state index contributed by atoms with van der Waals surface area (Å²) >= 11 is 0. The Balaban J connectivity index is 1.84. The Kier molecular flexibility index (Phi) is 4.46. The third-order valence-electron chi connectivity index (χ3n) is 3.19. The molecule has 0 radical (unpaired) electrons. The molecule has 0 aliphatic carbocycles. The molecular formula is C13H21NO6. The van der Waals surface area contributed by atoms with Crippen molar-refractivity contribution in [1.82, 2.24) is 5.32 Å². The molecule has 0 amide bonds. The van der Waals surface area contributed by atoms with Crippen LogP contribution in [0.25, 0.3) is 0 Å². The van der Waals surface area contributed by atoms with E-state index in [1.54, 1.807) is 13.8 Å². The van der Waals surface area contributed by atoms with Crippen molar-refractivity contribution >= 4 is 5.78 Å². The van der Waals surface area contributed by atoms with Crippen molar-refractivity contribution in [2.45, 2.75) is 57.3 Å². The maximum Gasteiger partial charge on any atom is 0.190 e. The predicted molar refractivity (Wildman–Crippen MR) is 68.5 cm³/mol. The van der Waals surface area contributed by atoms with Gasteiger partial charge in [0.25, 0.3) is 0 Å². The first-order valence-corrected chi connectivity index (χ1v) is 6.58. The number of fused-ring (bicyclic) bond motifs is 1. The lowest BCUT2D eigenvalue weighted by Gasteiger charge is -2.25. The third-order valence-corrected chi connectivity index (χ3v) is 3.19. The zero-order chi connectivity index (χ0) is 14.9. The van der Waals surface area contributed by atoms with E-state index in [0.717, 1.165) is 0 Å². The fourth-order valence-corrected chi connectivity index (χ4v) is 2.32. The van der Waals surface area contributed by atoms with Crippen molar-refractivity contribution in [1.29, 1.82) is 0 Å². The summed E-state index contributed by atoms with van der Waals surface area (Å²) in [4.78, 5) is 10.7. The molecule has 2 aliphatic heterocycles. The second-order valence-electron chi connectivity index (χ2n) is 5.48. The van der Waals surface area contributed by atoms with Crippen LogP contribution in [0.2, 0.25) is 0 Å². The van der Waals surface area contributed by atoms with Crippen molar-refractivity contribution in [3.05, 3.63) is 12.3 Å². The Morgan fingerprint density at radius 2 is 2.15 bits per heavy atom. The molecule has 7 nitrogen and oxygen atoms in total. The van der Waals surface area contributed by atoms with Crippen LogP contribution in [0.1, 0.15) is 20.8 Å². The van der Waals surface area contributed by atoms with Gasteiger partial charge < -0.3 is 29.7 Å². The minimum Gasteiger partial charge on any atom is -0.388 e. The highest BCUT2D eigenvalue weighted by molar-refractivity contribution is 5.87. The molecule has 2 saturated heterocycles. The number of hydrogen-bond donors (Lipinski definition) is 3. The van der Waals surface area contributed by atoms with Crippen LogP contribution in [0, 0.1) is 0 Å². The highest BCUT2D eigenvalue weighted by atomic mass is 16.8. The van der Waals surface area contributed by atoms with E-state index in [1.165, 1.54) is 19.2 Å². The lowest BCUT2D eigenvalue weighted by Crippen LogP contribution is -2.44. The van der Waals surface area contributed by atoms with Crippen molar-refractivity contribution in [3.8, 4) is 0 Å². The Bertz CT molecular complexity index is 396.